The Morgan fingerprint density at radius 1 is 1.21 bits per heavy atom. The van der Waals surface area contributed by atoms with Crippen LogP contribution >= 0.6 is 0 Å². The molecule has 0 spiro atoms. The molecule has 1 saturated carbocycles. The molecule has 1 atom stereocenters. The molecule has 1 N–H and O–H groups in total. The van der Waals surface area contributed by atoms with Crippen LogP contribution in [0, 0.1) is 5.92 Å². The van der Waals surface area contributed by atoms with E-state index in [1.54, 1.807) is 0 Å². The first kappa shape index (κ1) is 17.2. The second-order valence-corrected chi connectivity index (χ2v) is 6.93. The molecule has 1 aromatic carbocycles. The molecular formula is C19H28N2O3. The van der Waals surface area contributed by atoms with Gasteiger partial charge in [0.1, 0.15) is 5.75 Å². The van der Waals surface area contributed by atoms with Crippen molar-refractivity contribution in [1.29, 1.82) is 0 Å². The third-order valence-electron chi connectivity index (χ3n) is 4.88. The van der Waals surface area contributed by atoms with Gasteiger partial charge in [0.2, 0.25) is 0 Å². The highest BCUT2D eigenvalue weighted by Crippen LogP contribution is 2.29. The third kappa shape index (κ3) is 4.71. The van der Waals surface area contributed by atoms with Gasteiger partial charge in [-0.25, -0.2) is 0 Å². The van der Waals surface area contributed by atoms with E-state index in [2.05, 4.69) is 4.90 Å². The van der Waals surface area contributed by atoms with E-state index in [1.807, 2.05) is 36.1 Å². The van der Waals surface area contributed by atoms with Crippen molar-refractivity contribution in [2.24, 2.45) is 5.92 Å². The molecule has 1 saturated heterocycles. The van der Waals surface area contributed by atoms with Gasteiger partial charge in [-0.2, -0.15) is 0 Å². The Bertz CT molecular complexity index is 534. The standard InChI is InChI=1S/C19H28N2O3/c1-2-17(22)13-20-9-11-21(12-10-20)19(23)16-5-7-18(8-6-16)24-14-15-3-4-15/h5-8,15,17,22H,2-4,9-14H2,1H3. The SMILES string of the molecule is CCC(O)CN1CCN(C(=O)c2ccc(OCC3CC3)cc2)CC1. The third-order valence-corrected chi connectivity index (χ3v) is 4.88. The maximum absolute atomic E-state index is 12.6. The minimum atomic E-state index is -0.268. The largest absolute Gasteiger partial charge is 0.493 e. The molecule has 1 aliphatic carbocycles. The molecule has 0 radical (unpaired) electrons. The smallest absolute Gasteiger partial charge is 0.253 e. The van der Waals surface area contributed by atoms with Crippen LogP contribution in [0.5, 0.6) is 5.75 Å². The molecule has 132 valence electrons. The average Bonchev–Trinajstić information content (AvgIpc) is 3.45. The quantitative estimate of drug-likeness (QED) is 0.830. The topological polar surface area (TPSA) is 53.0 Å². The zero-order chi connectivity index (χ0) is 16.9. The fourth-order valence-electron chi connectivity index (χ4n) is 2.94. The van der Waals surface area contributed by atoms with Crippen LogP contribution in [0.25, 0.3) is 0 Å². The summed E-state index contributed by atoms with van der Waals surface area (Å²) >= 11 is 0. The van der Waals surface area contributed by atoms with Crippen LogP contribution in [0.15, 0.2) is 24.3 Å². The van der Waals surface area contributed by atoms with E-state index in [-0.39, 0.29) is 12.0 Å². The Morgan fingerprint density at radius 2 is 1.88 bits per heavy atom. The zero-order valence-corrected chi connectivity index (χ0v) is 14.5. The van der Waals surface area contributed by atoms with Crippen molar-refractivity contribution < 1.29 is 14.6 Å². The summed E-state index contributed by atoms with van der Waals surface area (Å²) < 4.78 is 5.72. The number of rotatable bonds is 7. The van der Waals surface area contributed by atoms with E-state index in [0.717, 1.165) is 56.4 Å². The lowest BCUT2D eigenvalue weighted by molar-refractivity contribution is 0.0523. The zero-order valence-electron chi connectivity index (χ0n) is 14.5. The molecule has 2 aliphatic rings. The predicted molar refractivity (Wildman–Crippen MR) is 93.3 cm³/mol. The molecule has 1 aromatic rings. The van der Waals surface area contributed by atoms with Crippen molar-refractivity contribution in [3.05, 3.63) is 29.8 Å². The summed E-state index contributed by atoms with van der Waals surface area (Å²) in [6.45, 7) is 6.56. The van der Waals surface area contributed by atoms with Crippen molar-refractivity contribution in [2.75, 3.05) is 39.3 Å². The Hall–Kier alpha value is -1.59. The average molecular weight is 332 g/mol. The Morgan fingerprint density at radius 3 is 2.46 bits per heavy atom. The number of aliphatic hydroxyl groups excluding tert-OH is 1. The first-order valence-electron chi connectivity index (χ1n) is 9.08. The normalized spacial score (nSPS) is 20.0. The summed E-state index contributed by atoms with van der Waals surface area (Å²) in [5.41, 5.74) is 0.718. The molecule has 1 unspecified atom stereocenters. The molecule has 2 fully saturated rings. The highest BCUT2D eigenvalue weighted by molar-refractivity contribution is 5.94. The van der Waals surface area contributed by atoms with Gasteiger partial charge in [-0.05, 0) is 49.4 Å². The van der Waals surface area contributed by atoms with E-state index < -0.39 is 0 Å². The van der Waals surface area contributed by atoms with Crippen LogP contribution in [0.1, 0.15) is 36.5 Å². The van der Waals surface area contributed by atoms with E-state index in [9.17, 15) is 9.90 Å². The number of piperazine rings is 1. The Labute approximate surface area is 144 Å². The lowest BCUT2D eigenvalue weighted by Gasteiger charge is -2.35. The summed E-state index contributed by atoms with van der Waals surface area (Å²) in [6, 6.07) is 7.50. The Balaban J connectivity index is 1.47. The fraction of sp³-hybridized carbons (Fsp3) is 0.632. The van der Waals surface area contributed by atoms with Gasteiger partial charge in [-0.3, -0.25) is 9.69 Å². The number of β-amino-alcohol motifs (C(OH)–C–C–N with tert-alkyl or cyclic N) is 1. The number of carbonyl (C=O) groups is 1. The van der Waals surface area contributed by atoms with E-state index in [0.29, 0.717) is 6.54 Å². The number of aliphatic hydroxyl groups is 1. The van der Waals surface area contributed by atoms with Gasteiger partial charge in [0.05, 0.1) is 12.7 Å². The van der Waals surface area contributed by atoms with Gasteiger partial charge < -0.3 is 14.7 Å². The van der Waals surface area contributed by atoms with Crippen LogP contribution in [-0.4, -0.2) is 66.2 Å². The van der Waals surface area contributed by atoms with Crippen LogP contribution in [0.3, 0.4) is 0 Å². The molecule has 1 amide bonds. The van der Waals surface area contributed by atoms with Crippen LogP contribution in [0.4, 0.5) is 0 Å². The molecule has 5 heteroatoms. The number of hydrogen-bond donors (Lipinski definition) is 1. The van der Waals surface area contributed by atoms with Crippen LogP contribution in [0.2, 0.25) is 0 Å². The van der Waals surface area contributed by atoms with Gasteiger partial charge in [0, 0.05) is 38.3 Å². The molecule has 1 aliphatic heterocycles. The second-order valence-electron chi connectivity index (χ2n) is 6.93. The molecule has 3 rings (SSSR count). The van der Waals surface area contributed by atoms with Crippen LogP contribution in [-0.2, 0) is 0 Å². The molecule has 0 bridgehead atoms. The maximum Gasteiger partial charge on any atom is 0.253 e. The summed E-state index contributed by atoms with van der Waals surface area (Å²) in [7, 11) is 0. The number of nitrogens with zero attached hydrogens (tertiary/aromatic N) is 2. The van der Waals surface area contributed by atoms with E-state index >= 15 is 0 Å². The minimum Gasteiger partial charge on any atom is -0.493 e. The van der Waals surface area contributed by atoms with Crippen molar-refractivity contribution in [3.8, 4) is 5.75 Å². The minimum absolute atomic E-state index is 0.0828. The summed E-state index contributed by atoms with van der Waals surface area (Å²) in [4.78, 5) is 16.7. The number of carbonyl (C=O) groups excluding carboxylic acids is 1. The molecule has 5 nitrogen and oxygen atoms in total. The molecular weight excluding hydrogens is 304 g/mol. The monoisotopic (exact) mass is 332 g/mol. The lowest BCUT2D eigenvalue weighted by Crippen LogP contribution is -2.50. The predicted octanol–water partition coefficient (Wildman–Crippen LogP) is 2.00. The Kier molecular flexibility index (Phi) is 5.74. The lowest BCUT2D eigenvalue weighted by atomic mass is 10.1. The highest BCUT2D eigenvalue weighted by atomic mass is 16.5. The molecule has 0 aromatic heterocycles. The summed E-state index contributed by atoms with van der Waals surface area (Å²) in [5.74, 6) is 1.66. The molecule has 24 heavy (non-hydrogen) atoms. The summed E-state index contributed by atoms with van der Waals surface area (Å²) in [5, 5.41) is 9.74. The number of amides is 1. The molecule has 1 heterocycles. The maximum atomic E-state index is 12.6. The summed E-state index contributed by atoms with van der Waals surface area (Å²) in [6.07, 6.45) is 3.06. The number of benzene rings is 1. The first-order valence-corrected chi connectivity index (χ1v) is 9.08. The van der Waals surface area contributed by atoms with E-state index in [4.69, 9.17) is 4.74 Å². The van der Waals surface area contributed by atoms with Gasteiger partial charge in [0.25, 0.3) is 5.91 Å². The van der Waals surface area contributed by atoms with Crippen LogP contribution < -0.4 is 4.74 Å². The van der Waals surface area contributed by atoms with Gasteiger partial charge >= 0.3 is 0 Å². The van der Waals surface area contributed by atoms with E-state index in [1.165, 1.54) is 12.8 Å². The number of ether oxygens (including phenoxy) is 1. The van der Waals surface area contributed by atoms with Gasteiger partial charge in [0.15, 0.2) is 0 Å². The van der Waals surface area contributed by atoms with Crippen molar-refractivity contribution in [1.82, 2.24) is 9.80 Å². The highest BCUT2D eigenvalue weighted by Gasteiger charge is 2.24. The van der Waals surface area contributed by atoms with Gasteiger partial charge in [-0.15, -0.1) is 0 Å². The fourth-order valence-corrected chi connectivity index (χ4v) is 2.94. The van der Waals surface area contributed by atoms with Gasteiger partial charge in [-0.1, -0.05) is 6.92 Å². The van der Waals surface area contributed by atoms with Crippen molar-refractivity contribution in [2.45, 2.75) is 32.3 Å². The number of hydrogen-bond acceptors (Lipinski definition) is 4. The van der Waals surface area contributed by atoms with Crippen molar-refractivity contribution >= 4 is 5.91 Å². The second kappa shape index (κ2) is 7.99. The first-order chi connectivity index (χ1) is 11.7. The van der Waals surface area contributed by atoms with Crippen molar-refractivity contribution in [3.63, 3.8) is 0 Å².